The Morgan fingerprint density at radius 2 is 2.43 bits per heavy atom. The second-order valence-electron chi connectivity index (χ2n) is 2.72. The first kappa shape index (κ1) is 11.2. The summed E-state index contributed by atoms with van der Waals surface area (Å²) < 4.78 is 0. The molecule has 1 aromatic heterocycles. The lowest BCUT2D eigenvalue weighted by Crippen LogP contribution is -2.29. The van der Waals surface area contributed by atoms with Gasteiger partial charge in [-0.1, -0.05) is 18.5 Å². The molecule has 0 aliphatic rings. The number of pyridine rings is 1. The van der Waals surface area contributed by atoms with Crippen LogP contribution >= 0.6 is 23.8 Å². The number of nitrogens with zero attached hydrogens (tertiary/aromatic N) is 1. The molecule has 2 N–H and O–H groups in total. The van der Waals surface area contributed by atoms with Crippen LogP contribution in [0.1, 0.15) is 13.3 Å². The van der Waals surface area contributed by atoms with E-state index in [1.165, 1.54) is 0 Å². The fraction of sp³-hybridized carbons (Fsp3) is 0.333. The smallest absolute Gasteiger partial charge is 0.170 e. The van der Waals surface area contributed by atoms with Gasteiger partial charge in [0.25, 0.3) is 0 Å². The summed E-state index contributed by atoms with van der Waals surface area (Å²) in [6.45, 7) is 2.93. The lowest BCUT2D eigenvalue weighted by atomic mass is 10.4. The van der Waals surface area contributed by atoms with Crippen molar-refractivity contribution in [3.05, 3.63) is 23.5 Å². The molecule has 0 spiro atoms. The summed E-state index contributed by atoms with van der Waals surface area (Å²) in [5, 5.41) is 7.01. The fourth-order valence-corrected chi connectivity index (χ4v) is 1.26. The molecule has 0 bridgehead atoms. The lowest BCUT2D eigenvalue weighted by Gasteiger charge is -2.09. The van der Waals surface area contributed by atoms with Crippen molar-refractivity contribution < 1.29 is 0 Å². The Kier molecular flexibility index (Phi) is 4.62. The maximum Gasteiger partial charge on any atom is 0.170 e. The summed E-state index contributed by atoms with van der Waals surface area (Å²) in [6, 6.07) is 3.63. The predicted octanol–water partition coefficient (Wildman–Crippen LogP) is 2.43. The fourth-order valence-electron chi connectivity index (χ4n) is 0.884. The van der Waals surface area contributed by atoms with E-state index in [1.54, 1.807) is 12.3 Å². The second-order valence-corrected chi connectivity index (χ2v) is 3.49. The minimum atomic E-state index is 0.424. The molecule has 0 aromatic carbocycles. The van der Waals surface area contributed by atoms with Crippen molar-refractivity contribution in [2.75, 3.05) is 11.9 Å². The van der Waals surface area contributed by atoms with Gasteiger partial charge in [0, 0.05) is 12.7 Å². The molecule has 5 heteroatoms. The molecule has 0 atom stereocenters. The normalized spacial score (nSPS) is 9.57. The Bertz CT molecular complexity index is 317. The zero-order valence-electron chi connectivity index (χ0n) is 7.88. The van der Waals surface area contributed by atoms with Gasteiger partial charge in [0.05, 0.1) is 5.69 Å². The average molecular weight is 230 g/mol. The van der Waals surface area contributed by atoms with Crippen molar-refractivity contribution in [1.82, 2.24) is 10.3 Å². The summed E-state index contributed by atoms with van der Waals surface area (Å²) in [4.78, 5) is 3.93. The van der Waals surface area contributed by atoms with E-state index >= 15 is 0 Å². The van der Waals surface area contributed by atoms with Gasteiger partial charge in [-0.15, -0.1) is 0 Å². The van der Waals surface area contributed by atoms with Crippen molar-refractivity contribution in [3.63, 3.8) is 0 Å². The van der Waals surface area contributed by atoms with E-state index in [0.29, 0.717) is 10.3 Å². The molecule has 1 heterocycles. The van der Waals surface area contributed by atoms with Crippen molar-refractivity contribution in [1.29, 1.82) is 0 Å². The molecule has 14 heavy (non-hydrogen) atoms. The van der Waals surface area contributed by atoms with Crippen LogP contribution in [0.3, 0.4) is 0 Å². The van der Waals surface area contributed by atoms with Gasteiger partial charge in [-0.25, -0.2) is 4.98 Å². The van der Waals surface area contributed by atoms with E-state index in [4.69, 9.17) is 23.8 Å². The molecule has 0 aliphatic carbocycles. The third kappa shape index (κ3) is 3.47. The molecular formula is C9H12ClN3S. The quantitative estimate of drug-likeness (QED) is 0.617. The van der Waals surface area contributed by atoms with Gasteiger partial charge < -0.3 is 10.6 Å². The van der Waals surface area contributed by atoms with E-state index in [9.17, 15) is 0 Å². The van der Waals surface area contributed by atoms with Crippen LogP contribution in [-0.2, 0) is 0 Å². The largest absolute Gasteiger partial charge is 0.362 e. The first-order valence-electron chi connectivity index (χ1n) is 4.39. The van der Waals surface area contributed by atoms with E-state index in [0.717, 1.165) is 18.7 Å². The van der Waals surface area contributed by atoms with Crippen LogP contribution in [0.25, 0.3) is 0 Å². The molecule has 0 amide bonds. The summed E-state index contributed by atoms with van der Waals surface area (Å²) in [5.41, 5.74) is 0.725. The highest BCUT2D eigenvalue weighted by Crippen LogP contribution is 2.16. The molecule has 0 radical (unpaired) electrons. The van der Waals surface area contributed by atoms with Crippen molar-refractivity contribution in [2.45, 2.75) is 13.3 Å². The number of hydrogen-bond donors (Lipinski definition) is 2. The third-order valence-electron chi connectivity index (χ3n) is 1.54. The van der Waals surface area contributed by atoms with Crippen LogP contribution in [0, 0.1) is 0 Å². The summed E-state index contributed by atoms with van der Waals surface area (Å²) >= 11 is 10.9. The molecule has 0 aliphatic heterocycles. The zero-order valence-corrected chi connectivity index (χ0v) is 9.45. The molecule has 0 saturated carbocycles. The minimum Gasteiger partial charge on any atom is -0.362 e. The van der Waals surface area contributed by atoms with Gasteiger partial charge in [-0.2, -0.15) is 0 Å². The average Bonchev–Trinajstić information content (AvgIpc) is 2.18. The molecule has 0 saturated heterocycles. The van der Waals surface area contributed by atoms with Crippen LogP contribution in [0.4, 0.5) is 5.69 Å². The van der Waals surface area contributed by atoms with Gasteiger partial charge in [0.2, 0.25) is 0 Å². The predicted molar refractivity (Wildman–Crippen MR) is 63.8 cm³/mol. The van der Waals surface area contributed by atoms with Gasteiger partial charge in [0.15, 0.2) is 10.3 Å². The molecule has 1 aromatic rings. The zero-order chi connectivity index (χ0) is 10.4. The Morgan fingerprint density at radius 1 is 1.64 bits per heavy atom. The van der Waals surface area contributed by atoms with E-state index < -0.39 is 0 Å². The summed E-state index contributed by atoms with van der Waals surface area (Å²) in [5.74, 6) is 0. The van der Waals surface area contributed by atoms with Gasteiger partial charge >= 0.3 is 0 Å². The number of halogens is 1. The highest BCUT2D eigenvalue weighted by Gasteiger charge is 2.01. The Hall–Kier alpha value is -0.870. The first-order valence-corrected chi connectivity index (χ1v) is 5.18. The van der Waals surface area contributed by atoms with Gasteiger partial charge in [-0.05, 0) is 30.8 Å². The molecular weight excluding hydrogens is 218 g/mol. The van der Waals surface area contributed by atoms with E-state index in [1.807, 2.05) is 6.07 Å². The monoisotopic (exact) mass is 229 g/mol. The number of rotatable bonds is 3. The van der Waals surface area contributed by atoms with Crippen LogP contribution in [0.5, 0.6) is 0 Å². The Labute approximate surface area is 93.9 Å². The maximum absolute atomic E-state index is 5.84. The van der Waals surface area contributed by atoms with E-state index in [2.05, 4.69) is 22.5 Å². The topological polar surface area (TPSA) is 37.0 Å². The molecule has 3 nitrogen and oxygen atoms in total. The Morgan fingerprint density at radius 3 is 3.07 bits per heavy atom. The SMILES string of the molecule is CCCNC(=S)Nc1cccnc1Cl. The number of anilines is 1. The number of hydrogen-bond acceptors (Lipinski definition) is 2. The Balaban J connectivity index is 2.52. The van der Waals surface area contributed by atoms with E-state index in [-0.39, 0.29) is 0 Å². The lowest BCUT2D eigenvalue weighted by molar-refractivity contribution is 0.846. The minimum absolute atomic E-state index is 0.424. The van der Waals surface area contributed by atoms with Crippen LogP contribution < -0.4 is 10.6 Å². The van der Waals surface area contributed by atoms with Gasteiger partial charge in [0.1, 0.15) is 0 Å². The molecule has 0 unspecified atom stereocenters. The number of nitrogens with one attached hydrogen (secondary N) is 2. The van der Waals surface area contributed by atoms with Crippen LogP contribution in [0.15, 0.2) is 18.3 Å². The van der Waals surface area contributed by atoms with Crippen LogP contribution in [0.2, 0.25) is 5.15 Å². The third-order valence-corrected chi connectivity index (χ3v) is 2.09. The highest BCUT2D eigenvalue weighted by atomic mass is 35.5. The van der Waals surface area contributed by atoms with Crippen molar-refractivity contribution >= 4 is 34.6 Å². The van der Waals surface area contributed by atoms with Crippen LogP contribution in [-0.4, -0.2) is 16.6 Å². The first-order chi connectivity index (χ1) is 6.74. The molecule has 0 fully saturated rings. The number of aromatic nitrogens is 1. The number of thiocarbonyl (C=S) groups is 1. The van der Waals surface area contributed by atoms with Crippen molar-refractivity contribution in [2.24, 2.45) is 0 Å². The summed E-state index contributed by atoms with van der Waals surface area (Å²) in [7, 11) is 0. The molecule has 76 valence electrons. The summed E-state index contributed by atoms with van der Waals surface area (Å²) in [6.07, 6.45) is 2.67. The second kappa shape index (κ2) is 5.78. The van der Waals surface area contributed by atoms with Crippen molar-refractivity contribution in [3.8, 4) is 0 Å². The maximum atomic E-state index is 5.84. The molecule has 1 rings (SSSR count). The van der Waals surface area contributed by atoms with Gasteiger partial charge in [-0.3, -0.25) is 0 Å². The standard InChI is InChI=1S/C9H12ClN3S/c1-2-5-12-9(14)13-7-4-3-6-11-8(7)10/h3-4,6H,2,5H2,1H3,(H2,12,13,14). The highest BCUT2D eigenvalue weighted by molar-refractivity contribution is 7.80.